The van der Waals surface area contributed by atoms with Crippen molar-refractivity contribution in [3.63, 3.8) is 0 Å². The van der Waals surface area contributed by atoms with E-state index in [1.807, 2.05) is 36.7 Å². The molecule has 1 aromatic carbocycles. The minimum atomic E-state index is -0.350. The summed E-state index contributed by atoms with van der Waals surface area (Å²) in [5.41, 5.74) is 4.06. The molecule has 2 aromatic rings. The lowest BCUT2D eigenvalue weighted by molar-refractivity contribution is 0.0599. The molecule has 0 bridgehead atoms. The van der Waals surface area contributed by atoms with Crippen molar-refractivity contribution < 1.29 is 9.53 Å². The maximum Gasteiger partial charge on any atom is 0.338 e. The van der Waals surface area contributed by atoms with Crippen molar-refractivity contribution in [1.29, 1.82) is 0 Å². The third-order valence-electron chi connectivity index (χ3n) is 3.59. The summed E-state index contributed by atoms with van der Waals surface area (Å²) in [6, 6.07) is 7.36. The predicted octanol–water partition coefficient (Wildman–Crippen LogP) is 2.25. The molecule has 6 nitrogen and oxygen atoms in total. The number of carbonyl (C=O) groups is 1. The Hall–Kier alpha value is -2.41. The Morgan fingerprint density at radius 2 is 2.04 bits per heavy atom. The molecule has 0 saturated heterocycles. The number of ether oxygens (including phenoxy) is 1. The van der Waals surface area contributed by atoms with Gasteiger partial charge in [0.2, 0.25) is 0 Å². The summed E-state index contributed by atoms with van der Waals surface area (Å²) < 4.78 is 6.68. The number of hydrogen-bond acceptors (Lipinski definition) is 4. The second-order valence-electron chi connectivity index (χ2n) is 5.06. The van der Waals surface area contributed by atoms with E-state index in [1.54, 1.807) is 13.1 Å². The molecule has 0 atom stereocenters. The lowest BCUT2D eigenvalue weighted by Gasteiger charge is -2.10. The van der Waals surface area contributed by atoms with Gasteiger partial charge in [-0.15, -0.1) is 0 Å². The van der Waals surface area contributed by atoms with Gasteiger partial charge in [0.1, 0.15) is 0 Å². The Labute approximate surface area is 140 Å². The van der Waals surface area contributed by atoms with Crippen LogP contribution < -0.4 is 10.6 Å². The molecule has 0 radical (unpaired) electrons. The van der Waals surface area contributed by atoms with Gasteiger partial charge in [-0.05, 0) is 37.7 Å². The highest BCUT2D eigenvalue weighted by Gasteiger charge is 2.16. The number of aryl methyl sites for hydroxylation is 1. The zero-order valence-electron chi connectivity index (χ0n) is 13.6. The van der Waals surface area contributed by atoms with Crippen LogP contribution in [-0.4, -0.2) is 35.0 Å². The Kier molecular flexibility index (Phi) is 5.33. The summed E-state index contributed by atoms with van der Waals surface area (Å²) in [5, 5.41) is 11.1. The molecule has 0 spiro atoms. The van der Waals surface area contributed by atoms with E-state index < -0.39 is 0 Å². The van der Waals surface area contributed by atoms with Gasteiger partial charge < -0.3 is 15.4 Å². The van der Waals surface area contributed by atoms with Crippen LogP contribution in [-0.2, 0) is 11.3 Å². The van der Waals surface area contributed by atoms with Crippen LogP contribution in [0.25, 0.3) is 0 Å². The largest absolute Gasteiger partial charge is 0.465 e. The Bertz CT molecular complexity index is 740. The van der Waals surface area contributed by atoms with Crippen LogP contribution in [0.1, 0.15) is 27.3 Å². The predicted molar refractivity (Wildman–Crippen MR) is 93.9 cm³/mol. The first-order valence-corrected chi connectivity index (χ1v) is 7.57. The summed E-state index contributed by atoms with van der Waals surface area (Å²) in [6.07, 6.45) is 0. The van der Waals surface area contributed by atoms with E-state index in [0.717, 1.165) is 22.6 Å². The van der Waals surface area contributed by atoms with Crippen molar-refractivity contribution in [3.8, 4) is 0 Å². The summed E-state index contributed by atoms with van der Waals surface area (Å²) in [5.74, 6) is -0.350. The number of nitrogens with one attached hydrogen (secondary N) is 2. The topological polar surface area (TPSA) is 68.2 Å². The first-order valence-electron chi connectivity index (χ1n) is 7.16. The molecule has 0 aliphatic carbocycles. The van der Waals surface area contributed by atoms with Crippen molar-refractivity contribution in [2.45, 2.75) is 20.4 Å². The maximum absolute atomic E-state index is 11.9. The minimum Gasteiger partial charge on any atom is -0.465 e. The van der Waals surface area contributed by atoms with E-state index in [0.29, 0.717) is 17.2 Å². The van der Waals surface area contributed by atoms with Crippen molar-refractivity contribution in [1.82, 2.24) is 15.1 Å². The van der Waals surface area contributed by atoms with Gasteiger partial charge in [0.15, 0.2) is 5.11 Å². The van der Waals surface area contributed by atoms with Gasteiger partial charge in [0.05, 0.1) is 36.3 Å². The van der Waals surface area contributed by atoms with Crippen LogP contribution in [0.2, 0.25) is 0 Å². The van der Waals surface area contributed by atoms with Gasteiger partial charge in [-0.2, -0.15) is 5.10 Å². The smallest absolute Gasteiger partial charge is 0.338 e. The fraction of sp³-hybridized carbons (Fsp3) is 0.312. The highest BCUT2D eigenvalue weighted by Crippen LogP contribution is 2.21. The van der Waals surface area contributed by atoms with E-state index in [4.69, 9.17) is 17.0 Å². The van der Waals surface area contributed by atoms with Crippen molar-refractivity contribution >= 4 is 29.0 Å². The summed E-state index contributed by atoms with van der Waals surface area (Å²) in [4.78, 5) is 11.9. The van der Waals surface area contributed by atoms with E-state index in [-0.39, 0.29) is 5.97 Å². The molecule has 2 rings (SSSR count). The summed E-state index contributed by atoms with van der Waals surface area (Å²) in [7, 11) is 3.14. The van der Waals surface area contributed by atoms with Gasteiger partial charge in [0, 0.05) is 7.05 Å². The third kappa shape index (κ3) is 3.68. The lowest BCUT2D eigenvalue weighted by Crippen LogP contribution is -2.24. The number of aromatic nitrogens is 2. The van der Waals surface area contributed by atoms with Crippen LogP contribution in [0.3, 0.4) is 0 Å². The van der Waals surface area contributed by atoms with Crippen LogP contribution in [0.5, 0.6) is 0 Å². The first kappa shape index (κ1) is 17.0. The Balaban J connectivity index is 2.33. The molecule has 7 heteroatoms. The second kappa shape index (κ2) is 7.23. The number of hydrogen-bond donors (Lipinski definition) is 2. The zero-order valence-corrected chi connectivity index (χ0v) is 14.5. The average Bonchev–Trinajstić information content (AvgIpc) is 2.82. The monoisotopic (exact) mass is 332 g/mol. The molecule has 23 heavy (non-hydrogen) atoms. The van der Waals surface area contributed by atoms with Crippen LogP contribution >= 0.6 is 12.2 Å². The standard InChI is InChI=1S/C16H20N4O2S/c1-10-14(18-16(23)17-3)11(2)20(19-10)9-12-7-5-6-8-13(12)15(21)22-4/h5-8H,9H2,1-4H3,(H2,17,18,23). The molecule has 0 unspecified atom stereocenters. The third-order valence-corrected chi connectivity index (χ3v) is 3.90. The molecule has 0 aliphatic rings. The van der Waals surface area contributed by atoms with Crippen molar-refractivity contribution in [2.24, 2.45) is 0 Å². The van der Waals surface area contributed by atoms with Crippen LogP contribution in [0, 0.1) is 13.8 Å². The second-order valence-corrected chi connectivity index (χ2v) is 5.46. The van der Waals surface area contributed by atoms with Crippen LogP contribution in [0.4, 0.5) is 5.69 Å². The number of methoxy groups -OCH3 is 1. The molecule has 1 heterocycles. The average molecular weight is 332 g/mol. The van der Waals surface area contributed by atoms with E-state index in [9.17, 15) is 4.79 Å². The normalized spacial score (nSPS) is 10.3. The Morgan fingerprint density at radius 3 is 2.70 bits per heavy atom. The lowest BCUT2D eigenvalue weighted by atomic mass is 10.1. The summed E-state index contributed by atoms with van der Waals surface area (Å²) in [6.45, 7) is 4.35. The van der Waals surface area contributed by atoms with Gasteiger partial charge >= 0.3 is 5.97 Å². The SMILES string of the molecule is CNC(=S)Nc1c(C)nn(Cc2ccccc2C(=O)OC)c1C. The van der Waals surface area contributed by atoms with E-state index in [1.165, 1.54) is 7.11 Å². The molecular formula is C16H20N4O2S. The first-order chi connectivity index (χ1) is 11.0. The van der Waals surface area contributed by atoms with Gasteiger partial charge in [0.25, 0.3) is 0 Å². The molecule has 2 N–H and O–H groups in total. The Morgan fingerprint density at radius 1 is 1.35 bits per heavy atom. The number of thiocarbonyl (C=S) groups is 1. The highest BCUT2D eigenvalue weighted by molar-refractivity contribution is 7.80. The number of esters is 1. The number of nitrogens with zero attached hydrogens (tertiary/aromatic N) is 2. The van der Waals surface area contributed by atoms with Crippen molar-refractivity contribution in [2.75, 3.05) is 19.5 Å². The number of anilines is 1. The van der Waals surface area contributed by atoms with Crippen molar-refractivity contribution in [3.05, 3.63) is 46.8 Å². The molecular weight excluding hydrogens is 312 g/mol. The fourth-order valence-electron chi connectivity index (χ4n) is 2.34. The zero-order chi connectivity index (χ0) is 17.0. The molecule has 0 fully saturated rings. The molecule has 1 aromatic heterocycles. The number of rotatable bonds is 4. The fourth-order valence-corrected chi connectivity index (χ4v) is 2.44. The van der Waals surface area contributed by atoms with Gasteiger partial charge in [-0.3, -0.25) is 4.68 Å². The number of benzene rings is 1. The molecule has 0 aliphatic heterocycles. The summed E-state index contributed by atoms with van der Waals surface area (Å²) >= 11 is 5.15. The molecule has 122 valence electrons. The van der Waals surface area contributed by atoms with Gasteiger partial charge in [-0.25, -0.2) is 4.79 Å². The van der Waals surface area contributed by atoms with Crippen LogP contribution in [0.15, 0.2) is 24.3 Å². The molecule has 0 saturated carbocycles. The molecule has 0 amide bonds. The number of carbonyl (C=O) groups excluding carboxylic acids is 1. The maximum atomic E-state index is 11.9. The quantitative estimate of drug-likeness (QED) is 0.661. The van der Waals surface area contributed by atoms with E-state index in [2.05, 4.69) is 15.7 Å². The highest BCUT2D eigenvalue weighted by atomic mass is 32.1. The minimum absolute atomic E-state index is 0.350. The van der Waals surface area contributed by atoms with Gasteiger partial charge in [-0.1, -0.05) is 18.2 Å². The van der Waals surface area contributed by atoms with E-state index >= 15 is 0 Å².